The zero-order valence-electron chi connectivity index (χ0n) is 16.6. The molecule has 3 saturated carbocycles. The second-order valence-corrected chi connectivity index (χ2v) is 9.77. The van der Waals surface area contributed by atoms with E-state index in [4.69, 9.17) is 0 Å². The van der Waals surface area contributed by atoms with Gasteiger partial charge in [-0.15, -0.1) is 0 Å². The molecule has 0 aromatic heterocycles. The molecule has 0 saturated heterocycles. The third kappa shape index (κ3) is 2.06. The lowest BCUT2D eigenvalue weighted by atomic mass is 9.43. The number of rotatable bonds is 2. The van der Waals surface area contributed by atoms with Gasteiger partial charge in [-0.25, -0.2) is 4.39 Å². The van der Waals surface area contributed by atoms with E-state index in [1.54, 1.807) is 19.9 Å². The first-order valence-corrected chi connectivity index (χ1v) is 10.1. The zero-order valence-corrected chi connectivity index (χ0v) is 16.6. The van der Waals surface area contributed by atoms with Gasteiger partial charge in [0.1, 0.15) is 12.2 Å². The number of hydrogen-bond donors (Lipinski definition) is 3. The molecule has 0 aromatic carbocycles. The van der Waals surface area contributed by atoms with Gasteiger partial charge in [-0.1, -0.05) is 25.5 Å². The van der Waals surface area contributed by atoms with Gasteiger partial charge in [0.2, 0.25) is 0 Å². The van der Waals surface area contributed by atoms with Gasteiger partial charge >= 0.3 is 0 Å². The number of Topliss-reactive ketones (excluding diaryl/α,β-unsaturated/α-hetero) is 1. The Morgan fingerprint density at radius 1 is 1.32 bits per heavy atom. The molecule has 154 valence electrons. The molecule has 4 aliphatic rings. The van der Waals surface area contributed by atoms with Crippen molar-refractivity contribution in [3.8, 4) is 0 Å². The van der Waals surface area contributed by atoms with Crippen molar-refractivity contribution in [2.75, 3.05) is 6.61 Å². The highest BCUT2D eigenvalue weighted by Gasteiger charge is 2.74. The molecule has 0 amide bonds. The van der Waals surface area contributed by atoms with Crippen molar-refractivity contribution in [2.24, 2.45) is 28.6 Å². The fourth-order valence-electron chi connectivity index (χ4n) is 7.19. The van der Waals surface area contributed by atoms with E-state index >= 15 is 4.39 Å². The van der Waals surface area contributed by atoms with Gasteiger partial charge < -0.3 is 15.3 Å². The Bertz CT molecular complexity index is 805. The summed E-state index contributed by atoms with van der Waals surface area (Å²) < 4.78 is 16.9. The van der Waals surface area contributed by atoms with Gasteiger partial charge in [-0.05, 0) is 56.6 Å². The maximum absolute atomic E-state index is 16.9. The molecule has 0 radical (unpaired) electrons. The lowest BCUT2D eigenvalue weighted by Gasteiger charge is -2.63. The number of fused-ring (bicyclic) bond motifs is 5. The predicted molar refractivity (Wildman–Crippen MR) is 99.9 cm³/mol. The molecular weight excluding hydrogens is 363 g/mol. The van der Waals surface area contributed by atoms with Crippen LogP contribution in [-0.4, -0.2) is 50.9 Å². The molecule has 6 heteroatoms. The minimum atomic E-state index is -1.99. The zero-order chi connectivity index (χ0) is 20.7. The van der Waals surface area contributed by atoms with Crippen molar-refractivity contribution >= 4 is 11.6 Å². The molecule has 4 aliphatic carbocycles. The second kappa shape index (κ2) is 5.83. The number of halogens is 1. The maximum atomic E-state index is 16.9. The summed E-state index contributed by atoms with van der Waals surface area (Å²) in [5.41, 5.74) is -5.14. The number of aliphatic hydroxyl groups excluding tert-OH is 2. The van der Waals surface area contributed by atoms with E-state index in [1.807, 2.05) is 6.92 Å². The highest BCUT2D eigenvalue weighted by molar-refractivity contribution is 6.01. The van der Waals surface area contributed by atoms with Crippen LogP contribution < -0.4 is 0 Å². The molecule has 0 heterocycles. The Morgan fingerprint density at radius 3 is 2.64 bits per heavy atom. The number of ketones is 2. The van der Waals surface area contributed by atoms with Gasteiger partial charge in [0.25, 0.3) is 0 Å². The van der Waals surface area contributed by atoms with Crippen molar-refractivity contribution in [2.45, 2.75) is 63.8 Å². The fourth-order valence-corrected chi connectivity index (χ4v) is 7.19. The van der Waals surface area contributed by atoms with Crippen molar-refractivity contribution in [1.82, 2.24) is 0 Å². The molecule has 3 fully saturated rings. The van der Waals surface area contributed by atoms with E-state index in [-0.39, 0.29) is 30.5 Å². The maximum Gasteiger partial charge on any atom is 0.190 e. The molecule has 28 heavy (non-hydrogen) atoms. The SMILES string of the molecule is CC1C[C@H]2[C@@H]3CC[C@](O)(C(=O)CO)[C@@]3(C)C[C@H](O)[C@]2(F)[C@@]2(C)C=CC(=O)C=C12. The fraction of sp³-hybridized carbons (Fsp3) is 0.727. The molecule has 4 rings (SSSR count). The van der Waals surface area contributed by atoms with Gasteiger partial charge in [-0.3, -0.25) is 9.59 Å². The van der Waals surface area contributed by atoms with Gasteiger partial charge in [-0.2, -0.15) is 0 Å². The highest BCUT2D eigenvalue weighted by Crippen LogP contribution is 2.70. The molecule has 0 bridgehead atoms. The first-order chi connectivity index (χ1) is 13.0. The van der Waals surface area contributed by atoms with E-state index in [0.717, 1.165) is 0 Å². The van der Waals surface area contributed by atoms with Crippen LogP contribution in [0.15, 0.2) is 23.8 Å². The van der Waals surface area contributed by atoms with E-state index in [2.05, 4.69) is 0 Å². The van der Waals surface area contributed by atoms with Crippen molar-refractivity contribution < 1.29 is 29.3 Å². The summed E-state index contributed by atoms with van der Waals surface area (Å²) in [5, 5.41) is 31.7. The van der Waals surface area contributed by atoms with Crippen molar-refractivity contribution in [3.05, 3.63) is 23.8 Å². The van der Waals surface area contributed by atoms with Crippen molar-refractivity contribution in [1.29, 1.82) is 0 Å². The van der Waals surface area contributed by atoms with Crippen LogP contribution in [0.1, 0.15) is 46.5 Å². The number of aliphatic hydroxyl groups is 3. The summed E-state index contributed by atoms with van der Waals surface area (Å²) >= 11 is 0. The number of hydrogen-bond acceptors (Lipinski definition) is 5. The second-order valence-electron chi connectivity index (χ2n) is 9.77. The summed E-state index contributed by atoms with van der Waals surface area (Å²) in [5.74, 6) is -1.73. The smallest absolute Gasteiger partial charge is 0.190 e. The minimum absolute atomic E-state index is 0.0513. The lowest BCUT2D eigenvalue weighted by molar-refractivity contribution is -0.221. The monoisotopic (exact) mass is 392 g/mol. The predicted octanol–water partition coefficient (Wildman–Crippen LogP) is 1.90. The van der Waals surface area contributed by atoms with Crippen LogP contribution in [0, 0.1) is 28.6 Å². The molecule has 0 spiro atoms. The van der Waals surface area contributed by atoms with Crippen LogP contribution in [0.3, 0.4) is 0 Å². The Balaban J connectivity index is 1.84. The van der Waals surface area contributed by atoms with E-state index < -0.39 is 46.5 Å². The van der Waals surface area contributed by atoms with Crippen LogP contribution in [0.4, 0.5) is 4.39 Å². The van der Waals surface area contributed by atoms with Gasteiger partial charge in [0, 0.05) is 16.7 Å². The molecule has 5 nitrogen and oxygen atoms in total. The molecule has 3 N–H and O–H groups in total. The molecule has 8 atom stereocenters. The highest BCUT2D eigenvalue weighted by atomic mass is 19.1. The van der Waals surface area contributed by atoms with E-state index in [0.29, 0.717) is 18.4 Å². The quantitative estimate of drug-likeness (QED) is 0.667. The van der Waals surface area contributed by atoms with Crippen LogP contribution >= 0.6 is 0 Å². The minimum Gasteiger partial charge on any atom is -0.390 e. The first-order valence-electron chi connectivity index (χ1n) is 10.1. The Kier molecular flexibility index (Phi) is 4.15. The van der Waals surface area contributed by atoms with E-state index in [9.17, 15) is 24.9 Å². The molecule has 0 aliphatic heterocycles. The summed E-state index contributed by atoms with van der Waals surface area (Å²) in [6.07, 6.45) is 4.09. The third-order valence-electron chi connectivity index (χ3n) is 8.73. The summed E-state index contributed by atoms with van der Waals surface area (Å²) in [4.78, 5) is 24.3. The van der Waals surface area contributed by atoms with Crippen LogP contribution in [0.25, 0.3) is 0 Å². The van der Waals surface area contributed by atoms with Crippen molar-refractivity contribution in [3.63, 3.8) is 0 Å². The van der Waals surface area contributed by atoms with Crippen LogP contribution in [0.2, 0.25) is 0 Å². The summed E-state index contributed by atoms with van der Waals surface area (Å²) in [6.45, 7) is 4.69. The molecule has 1 unspecified atom stereocenters. The number of allylic oxidation sites excluding steroid dienone is 4. The molecule has 0 aromatic rings. The first kappa shape index (κ1) is 19.9. The lowest BCUT2D eigenvalue weighted by Crippen LogP contribution is -2.69. The Morgan fingerprint density at radius 2 is 2.00 bits per heavy atom. The largest absolute Gasteiger partial charge is 0.390 e. The third-order valence-corrected chi connectivity index (χ3v) is 8.73. The number of carbonyl (C=O) groups excluding carboxylic acids is 2. The van der Waals surface area contributed by atoms with Crippen LogP contribution in [0.5, 0.6) is 0 Å². The normalized spacial score (nSPS) is 52.5. The number of alkyl halides is 1. The molecular formula is C22H29FO5. The average molecular weight is 392 g/mol. The topological polar surface area (TPSA) is 94.8 Å². The van der Waals surface area contributed by atoms with Crippen LogP contribution in [-0.2, 0) is 9.59 Å². The van der Waals surface area contributed by atoms with Gasteiger partial charge in [0.05, 0.1) is 6.10 Å². The Labute approximate surface area is 164 Å². The Hall–Kier alpha value is -1.37. The van der Waals surface area contributed by atoms with E-state index in [1.165, 1.54) is 12.2 Å². The summed E-state index contributed by atoms with van der Waals surface area (Å²) in [6, 6.07) is 0. The standard InChI is InChI=1S/C22H29FO5/c1-12-8-16-14-5-7-21(28,18(27)11-24)20(14,3)10-17(26)22(16,23)19(2)6-4-13(25)9-15(12)19/h4,6,9,12,14,16-17,24,26,28H,5,7-8,10-11H2,1-3H3/t12?,14-,16-,17-,19-,20-,21-,22-/m0/s1. The average Bonchev–Trinajstić information content (AvgIpc) is 2.91. The van der Waals surface area contributed by atoms with Gasteiger partial charge in [0.15, 0.2) is 17.2 Å². The number of carbonyl (C=O) groups is 2. The summed E-state index contributed by atoms with van der Waals surface area (Å²) in [7, 11) is 0.